The van der Waals surface area contributed by atoms with Crippen LogP contribution in [0.2, 0.25) is 0 Å². The number of hydrogen-bond acceptors (Lipinski definition) is 6. The zero-order chi connectivity index (χ0) is 35.7. The number of methoxy groups -OCH3 is 1. The van der Waals surface area contributed by atoms with E-state index in [1.165, 1.54) is 24.2 Å². The number of aliphatic hydroxyl groups excluding tert-OH is 1. The average molecular weight is 673 g/mol. The lowest BCUT2D eigenvalue weighted by Crippen LogP contribution is -2.58. The molecule has 2 aliphatic heterocycles. The molecule has 0 radical (unpaired) electrons. The van der Waals surface area contributed by atoms with E-state index in [9.17, 15) is 14.7 Å². The second-order valence-corrected chi connectivity index (χ2v) is 12.1. The average Bonchev–Trinajstić information content (AvgIpc) is 3.57. The summed E-state index contributed by atoms with van der Waals surface area (Å²) >= 11 is 0. The molecule has 0 saturated carbocycles. The van der Waals surface area contributed by atoms with Crippen molar-refractivity contribution in [2.24, 2.45) is 0 Å². The van der Waals surface area contributed by atoms with E-state index in [1.807, 2.05) is 31.2 Å². The Morgan fingerprint density at radius 2 is 1.27 bits per heavy atom. The predicted octanol–water partition coefficient (Wildman–Crippen LogP) is 7.52. The molecule has 2 amide bonds. The number of aliphatic hydroxyl groups is 1. The van der Waals surface area contributed by atoms with Gasteiger partial charge in [-0.05, 0) is 60.5 Å². The maximum atomic E-state index is 15.7. The van der Waals surface area contributed by atoms with E-state index in [0.717, 1.165) is 10.5 Å². The molecule has 2 aliphatic rings. The normalized spacial score (nSPS) is 17.3. The van der Waals surface area contributed by atoms with Crippen LogP contribution in [-0.2, 0) is 14.4 Å². The molecule has 250 valence electrons. The number of rotatable bonds is 9. The van der Waals surface area contributed by atoms with E-state index in [-0.39, 0.29) is 22.5 Å². The molecule has 5 aromatic rings. The fraction of sp³-hybridized carbons (Fsp3) is 0.0698. The van der Waals surface area contributed by atoms with Gasteiger partial charge in [-0.2, -0.15) is 0 Å². The van der Waals surface area contributed by atoms with Crippen LogP contribution in [-0.4, -0.2) is 41.1 Å². The highest BCUT2D eigenvalue weighted by atomic mass is 16.5. The molecule has 7 rings (SSSR count). The van der Waals surface area contributed by atoms with Crippen molar-refractivity contribution in [2.75, 3.05) is 16.9 Å². The fourth-order valence-corrected chi connectivity index (χ4v) is 6.71. The summed E-state index contributed by atoms with van der Waals surface area (Å²) in [6, 6.07) is 39.7. The van der Waals surface area contributed by atoms with Crippen molar-refractivity contribution >= 4 is 46.5 Å². The first kappa shape index (κ1) is 32.7. The molecule has 0 saturated heterocycles. The number of amides is 2. The molecule has 2 heterocycles. The number of hydrogen-bond donors (Lipinski definition) is 1. The third-order valence-corrected chi connectivity index (χ3v) is 9.08. The van der Waals surface area contributed by atoms with Crippen molar-refractivity contribution in [3.8, 4) is 5.75 Å². The Bertz CT molecular complexity index is 2260. The number of carbonyl (C=O) groups excluding carboxylic acids is 4. The van der Waals surface area contributed by atoms with Gasteiger partial charge in [-0.15, -0.1) is 0 Å². The molecule has 8 nitrogen and oxygen atoms in total. The van der Waals surface area contributed by atoms with Crippen molar-refractivity contribution in [2.45, 2.75) is 12.5 Å². The van der Waals surface area contributed by atoms with Crippen LogP contribution < -0.4 is 14.5 Å². The molecule has 0 fully saturated rings. The van der Waals surface area contributed by atoms with Crippen LogP contribution in [0.15, 0.2) is 163 Å². The number of ketones is 2. The summed E-state index contributed by atoms with van der Waals surface area (Å²) in [5.74, 6) is -3.67. The molecule has 51 heavy (non-hydrogen) atoms. The van der Waals surface area contributed by atoms with E-state index in [4.69, 9.17) is 4.74 Å². The van der Waals surface area contributed by atoms with Crippen LogP contribution in [0.3, 0.4) is 0 Å². The quantitative estimate of drug-likeness (QED) is 0.128. The Balaban J connectivity index is 1.60. The van der Waals surface area contributed by atoms with Gasteiger partial charge in [-0.25, -0.2) is 0 Å². The largest absolute Gasteiger partial charge is 0.503 e. The van der Waals surface area contributed by atoms with Crippen LogP contribution in [0.1, 0.15) is 27.0 Å². The molecule has 1 N–H and O–H groups in total. The summed E-state index contributed by atoms with van der Waals surface area (Å²) in [5.41, 5.74) is -0.0577. The molecule has 8 heteroatoms. The molecular weight excluding hydrogens is 640 g/mol. The zero-order valence-corrected chi connectivity index (χ0v) is 27.8. The lowest BCUT2D eigenvalue weighted by atomic mass is 9.77. The van der Waals surface area contributed by atoms with Gasteiger partial charge in [0.05, 0.1) is 24.0 Å². The molecule has 1 spiro atoms. The molecule has 1 unspecified atom stereocenters. The van der Waals surface area contributed by atoms with E-state index in [2.05, 4.69) is 0 Å². The van der Waals surface area contributed by atoms with Gasteiger partial charge in [0.25, 0.3) is 11.8 Å². The number of carbonyl (C=O) groups is 4. The smallest absolute Gasteiger partial charge is 0.295 e. The van der Waals surface area contributed by atoms with Crippen LogP contribution in [0, 0.1) is 6.92 Å². The number of allylic oxidation sites excluding steroid dienone is 1. The number of benzene rings is 5. The maximum Gasteiger partial charge on any atom is 0.295 e. The van der Waals surface area contributed by atoms with Crippen LogP contribution in [0.5, 0.6) is 5.75 Å². The van der Waals surface area contributed by atoms with Crippen LogP contribution >= 0.6 is 0 Å². The molecule has 1 atom stereocenters. The number of ether oxygens (including phenoxy) is 1. The highest BCUT2D eigenvalue weighted by molar-refractivity contribution is 6.40. The minimum atomic E-state index is -2.43. The highest BCUT2D eigenvalue weighted by Gasteiger charge is 2.69. The SMILES string of the molecule is COc1ccc(N2C(=O)C(O)=C(C(=O)C=Cc3ccccc3)C23C(=O)N(c2ccc(C)cc2)C(c2ccccc2)=C3C(=O)c2ccccc2)cc1. The second-order valence-electron chi connectivity index (χ2n) is 12.1. The van der Waals surface area contributed by atoms with Crippen molar-refractivity contribution in [3.05, 3.63) is 185 Å². The number of nitrogens with zero attached hydrogens (tertiary/aromatic N) is 2. The molecule has 0 aromatic heterocycles. The van der Waals surface area contributed by atoms with Gasteiger partial charge < -0.3 is 9.84 Å². The summed E-state index contributed by atoms with van der Waals surface area (Å²) in [7, 11) is 1.49. The van der Waals surface area contributed by atoms with Gasteiger partial charge in [0.2, 0.25) is 0 Å². The third-order valence-electron chi connectivity index (χ3n) is 9.08. The van der Waals surface area contributed by atoms with Gasteiger partial charge in [0.15, 0.2) is 22.9 Å². The van der Waals surface area contributed by atoms with Gasteiger partial charge in [-0.3, -0.25) is 29.0 Å². The van der Waals surface area contributed by atoms with Gasteiger partial charge >= 0.3 is 0 Å². The lowest BCUT2D eigenvalue weighted by molar-refractivity contribution is -0.123. The van der Waals surface area contributed by atoms with Gasteiger partial charge in [-0.1, -0.05) is 115 Å². The number of Topliss-reactive ketones (excluding diaryl/α,β-unsaturated/α-hetero) is 1. The van der Waals surface area contributed by atoms with Crippen molar-refractivity contribution < 1.29 is 29.0 Å². The van der Waals surface area contributed by atoms with Crippen LogP contribution in [0.4, 0.5) is 11.4 Å². The molecular formula is C43H32N2O6. The first-order chi connectivity index (χ1) is 24.8. The molecule has 0 aliphatic carbocycles. The Labute approximate surface area is 294 Å². The Hall–Kier alpha value is -6.80. The summed E-state index contributed by atoms with van der Waals surface area (Å²) in [5, 5.41) is 11.8. The van der Waals surface area contributed by atoms with E-state index in [1.54, 1.807) is 115 Å². The summed E-state index contributed by atoms with van der Waals surface area (Å²) in [6.45, 7) is 1.91. The monoisotopic (exact) mass is 672 g/mol. The summed E-state index contributed by atoms with van der Waals surface area (Å²) < 4.78 is 5.36. The number of anilines is 2. The predicted molar refractivity (Wildman–Crippen MR) is 196 cm³/mol. The molecule has 5 aromatic carbocycles. The van der Waals surface area contributed by atoms with Gasteiger partial charge in [0.1, 0.15) is 5.75 Å². The minimum Gasteiger partial charge on any atom is -0.503 e. The first-order valence-electron chi connectivity index (χ1n) is 16.3. The van der Waals surface area contributed by atoms with E-state index < -0.39 is 40.3 Å². The third kappa shape index (κ3) is 5.43. The van der Waals surface area contributed by atoms with Gasteiger partial charge in [0, 0.05) is 16.9 Å². The second kappa shape index (κ2) is 13.2. The van der Waals surface area contributed by atoms with Crippen LogP contribution in [0.25, 0.3) is 11.8 Å². The summed E-state index contributed by atoms with van der Waals surface area (Å²) in [6.07, 6.45) is 2.75. The standard InChI is InChI=1S/C43H32N2O6/c1-28-18-21-32(22-19-28)44-38(30-14-8-4-9-15-30)37(39(47)31-16-10-5-11-17-31)43(42(44)50)36(35(46)27-20-29-12-6-3-7-13-29)40(48)41(49)45(43)33-23-25-34(51-2)26-24-33/h3-27,48H,1-2H3. The Morgan fingerprint density at radius 1 is 0.706 bits per heavy atom. The molecule has 0 bridgehead atoms. The van der Waals surface area contributed by atoms with E-state index in [0.29, 0.717) is 22.6 Å². The number of aryl methyl sites for hydroxylation is 1. The topological polar surface area (TPSA) is 104 Å². The zero-order valence-electron chi connectivity index (χ0n) is 27.8. The minimum absolute atomic E-state index is 0.157. The summed E-state index contributed by atoms with van der Waals surface area (Å²) in [4.78, 5) is 62.4. The maximum absolute atomic E-state index is 15.7. The van der Waals surface area contributed by atoms with Crippen molar-refractivity contribution in [3.63, 3.8) is 0 Å². The van der Waals surface area contributed by atoms with E-state index >= 15 is 9.59 Å². The Kier molecular flexibility index (Phi) is 8.50. The van der Waals surface area contributed by atoms with Crippen molar-refractivity contribution in [1.29, 1.82) is 0 Å². The highest BCUT2D eigenvalue weighted by Crippen LogP contribution is 2.54. The fourth-order valence-electron chi connectivity index (χ4n) is 6.71. The lowest BCUT2D eigenvalue weighted by Gasteiger charge is -2.37. The van der Waals surface area contributed by atoms with Crippen molar-refractivity contribution in [1.82, 2.24) is 0 Å². The Morgan fingerprint density at radius 3 is 1.88 bits per heavy atom. The first-order valence-corrected chi connectivity index (χ1v) is 16.3.